The molecule has 19 heavy (non-hydrogen) atoms. The first-order valence-electron chi connectivity index (χ1n) is 5.84. The fourth-order valence-electron chi connectivity index (χ4n) is 2.11. The number of furan rings is 1. The van der Waals surface area contributed by atoms with Gasteiger partial charge in [0.2, 0.25) is 15.8 Å². The molecule has 1 saturated heterocycles. The Balaban J connectivity index is 2.36. The number of aliphatic hydroxyl groups excluding tert-OH is 1. The van der Waals surface area contributed by atoms with Crippen LogP contribution in [0.15, 0.2) is 15.4 Å². The largest absolute Gasteiger partial charge is 0.475 e. The quantitative estimate of drug-likeness (QED) is 0.835. The summed E-state index contributed by atoms with van der Waals surface area (Å²) in [7, 11) is -3.82. The molecule has 1 atom stereocenters. The zero-order valence-corrected chi connectivity index (χ0v) is 11.2. The lowest BCUT2D eigenvalue weighted by atomic mass is 10.1. The Morgan fingerprint density at radius 3 is 2.74 bits per heavy atom. The Kier molecular flexibility index (Phi) is 3.66. The number of carboxylic acid groups (broad SMARTS) is 1. The van der Waals surface area contributed by atoms with Crippen molar-refractivity contribution < 1.29 is 27.8 Å². The van der Waals surface area contributed by atoms with E-state index in [1.54, 1.807) is 0 Å². The molecule has 1 aromatic rings. The van der Waals surface area contributed by atoms with Gasteiger partial charge in [-0.25, -0.2) is 13.2 Å². The summed E-state index contributed by atoms with van der Waals surface area (Å²) < 4.78 is 30.8. The molecule has 0 spiro atoms. The van der Waals surface area contributed by atoms with Crippen molar-refractivity contribution >= 4 is 16.0 Å². The van der Waals surface area contributed by atoms with E-state index in [1.165, 1.54) is 6.92 Å². The van der Waals surface area contributed by atoms with Crippen molar-refractivity contribution in [2.45, 2.75) is 30.8 Å². The number of aliphatic hydroxyl groups is 1. The van der Waals surface area contributed by atoms with Gasteiger partial charge in [0.1, 0.15) is 10.7 Å². The van der Waals surface area contributed by atoms with Gasteiger partial charge in [-0.15, -0.1) is 0 Å². The fourth-order valence-corrected chi connectivity index (χ4v) is 3.78. The lowest BCUT2D eigenvalue weighted by Crippen LogP contribution is -2.42. The molecule has 2 N–H and O–H groups in total. The molecule has 0 saturated carbocycles. The van der Waals surface area contributed by atoms with Gasteiger partial charge in [0.05, 0.1) is 6.10 Å². The van der Waals surface area contributed by atoms with E-state index in [0.29, 0.717) is 19.4 Å². The number of aryl methyl sites for hydroxylation is 1. The summed E-state index contributed by atoms with van der Waals surface area (Å²) in [6.07, 6.45) is 0.453. The number of carboxylic acids is 1. The zero-order valence-electron chi connectivity index (χ0n) is 10.4. The number of carbonyl (C=O) groups is 1. The van der Waals surface area contributed by atoms with Crippen LogP contribution in [0.25, 0.3) is 0 Å². The first kappa shape index (κ1) is 14.0. The van der Waals surface area contributed by atoms with Crippen molar-refractivity contribution in [3.63, 3.8) is 0 Å². The molecule has 106 valence electrons. The van der Waals surface area contributed by atoms with Crippen LogP contribution < -0.4 is 0 Å². The number of piperidine rings is 1. The predicted molar refractivity (Wildman–Crippen MR) is 64.4 cm³/mol. The Hall–Kier alpha value is -1.38. The van der Waals surface area contributed by atoms with E-state index < -0.39 is 27.9 Å². The molecule has 0 unspecified atom stereocenters. The van der Waals surface area contributed by atoms with Crippen LogP contribution in [0.1, 0.15) is 29.2 Å². The molecular formula is C11H15NO6S. The van der Waals surface area contributed by atoms with E-state index in [9.17, 15) is 18.3 Å². The Morgan fingerprint density at radius 1 is 1.53 bits per heavy atom. The molecule has 1 aliphatic rings. The molecule has 2 heterocycles. The number of hydrogen-bond donors (Lipinski definition) is 2. The smallest absolute Gasteiger partial charge is 0.371 e. The number of aromatic carboxylic acids is 1. The summed E-state index contributed by atoms with van der Waals surface area (Å²) in [5, 5.41) is 18.3. The normalized spacial score (nSPS) is 21.5. The topological polar surface area (TPSA) is 108 Å². The average Bonchev–Trinajstić information content (AvgIpc) is 2.72. The number of hydrogen-bond acceptors (Lipinski definition) is 5. The van der Waals surface area contributed by atoms with Gasteiger partial charge in [0, 0.05) is 19.2 Å². The summed E-state index contributed by atoms with van der Waals surface area (Å²) in [5.41, 5.74) is 0. The van der Waals surface area contributed by atoms with Crippen LogP contribution in [-0.4, -0.2) is 48.1 Å². The van der Waals surface area contributed by atoms with Crippen LogP contribution in [0.5, 0.6) is 0 Å². The molecule has 1 fully saturated rings. The summed E-state index contributed by atoms with van der Waals surface area (Å²) in [6.45, 7) is 1.74. The van der Waals surface area contributed by atoms with Crippen LogP contribution in [-0.2, 0) is 10.0 Å². The highest BCUT2D eigenvalue weighted by atomic mass is 32.2. The van der Waals surface area contributed by atoms with E-state index in [0.717, 1.165) is 10.4 Å². The molecule has 2 rings (SSSR count). The third kappa shape index (κ3) is 2.65. The third-order valence-electron chi connectivity index (χ3n) is 3.06. The van der Waals surface area contributed by atoms with E-state index in [2.05, 4.69) is 0 Å². The lowest BCUT2D eigenvalue weighted by molar-refractivity contribution is 0.0661. The first-order chi connectivity index (χ1) is 8.82. The second kappa shape index (κ2) is 4.95. The average molecular weight is 289 g/mol. The number of sulfonamides is 1. The van der Waals surface area contributed by atoms with Crippen molar-refractivity contribution in [1.29, 1.82) is 0 Å². The van der Waals surface area contributed by atoms with Crippen molar-refractivity contribution in [3.8, 4) is 0 Å². The highest BCUT2D eigenvalue weighted by molar-refractivity contribution is 7.89. The van der Waals surface area contributed by atoms with Crippen molar-refractivity contribution in [1.82, 2.24) is 4.31 Å². The van der Waals surface area contributed by atoms with Crippen LogP contribution in [0, 0.1) is 6.92 Å². The van der Waals surface area contributed by atoms with Gasteiger partial charge in [-0.2, -0.15) is 4.31 Å². The molecule has 7 nitrogen and oxygen atoms in total. The number of β-amino-alcohol motifs (C(OH)–C–C–N with tert-alkyl or cyclic N) is 1. The highest BCUT2D eigenvalue weighted by Gasteiger charge is 2.33. The fraction of sp³-hybridized carbons (Fsp3) is 0.545. The highest BCUT2D eigenvalue weighted by Crippen LogP contribution is 2.26. The minimum atomic E-state index is -3.82. The standard InChI is InChI=1S/C11H15NO6S/c1-7-10(5-9(18-7)11(14)15)19(16,17)12-4-2-3-8(13)6-12/h5,8,13H,2-4,6H2,1H3,(H,14,15)/t8-/m0/s1. The van der Waals surface area contributed by atoms with Crippen molar-refractivity contribution in [3.05, 3.63) is 17.6 Å². The Labute approximate surface area is 110 Å². The minimum absolute atomic E-state index is 0.0232. The van der Waals surface area contributed by atoms with E-state index >= 15 is 0 Å². The SMILES string of the molecule is Cc1oc(C(=O)O)cc1S(=O)(=O)N1CCC[C@H](O)C1. The summed E-state index contributed by atoms with van der Waals surface area (Å²) in [6, 6.07) is 1.01. The summed E-state index contributed by atoms with van der Waals surface area (Å²) >= 11 is 0. The first-order valence-corrected chi connectivity index (χ1v) is 7.28. The van der Waals surface area contributed by atoms with Gasteiger partial charge in [0.15, 0.2) is 0 Å². The van der Waals surface area contributed by atoms with Gasteiger partial charge in [0.25, 0.3) is 0 Å². The molecule has 1 aliphatic heterocycles. The molecule has 0 aromatic carbocycles. The van der Waals surface area contributed by atoms with Gasteiger partial charge in [-0.05, 0) is 19.8 Å². The second-order valence-corrected chi connectivity index (χ2v) is 6.40. The van der Waals surface area contributed by atoms with Crippen LogP contribution >= 0.6 is 0 Å². The van der Waals surface area contributed by atoms with E-state index in [1.807, 2.05) is 0 Å². The van der Waals surface area contributed by atoms with Crippen molar-refractivity contribution in [2.24, 2.45) is 0 Å². The van der Waals surface area contributed by atoms with E-state index in [-0.39, 0.29) is 17.2 Å². The van der Waals surface area contributed by atoms with E-state index in [4.69, 9.17) is 9.52 Å². The van der Waals surface area contributed by atoms with Gasteiger partial charge >= 0.3 is 5.97 Å². The van der Waals surface area contributed by atoms with Crippen molar-refractivity contribution in [2.75, 3.05) is 13.1 Å². The van der Waals surface area contributed by atoms with Gasteiger partial charge in [-0.3, -0.25) is 0 Å². The second-order valence-electron chi connectivity index (χ2n) is 4.50. The molecule has 0 bridgehead atoms. The van der Waals surface area contributed by atoms with Gasteiger partial charge in [-0.1, -0.05) is 0 Å². The maximum Gasteiger partial charge on any atom is 0.371 e. The van der Waals surface area contributed by atoms with Crippen LogP contribution in [0.2, 0.25) is 0 Å². The molecule has 8 heteroatoms. The van der Waals surface area contributed by atoms with Crippen LogP contribution in [0.3, 0.4) is 0 Å². The Bertz CT molecular complexity index is 590. The maximum absolute atomic E-state index is 12.4. The summed E-state index contributed by atoms with van der Waals surface area (Å²) in [4.78, 5) is 10.6. The molecule has 1 aromatic heterocycles. The van der Waals surface area contributed by atoms with Crippen LogP contribution in [0.4, 0.5) is 0 Å². The minimum Gasteiger partial charge on any atom is -0.475 e. The number of rotatable bonds is 3. The molecule has 0 aliphatic carbocycles. The molecule has 0 radical (unpaired) electrons. The monoisotopic (exact) mass is 289 g/mol. The lowest BCUT2D eigenvalue weighted by Gasteiger charge is -2.28. The third-order valence-corrected chi connectivity index (χ3v) is 5.03. The molecular weight excluding hydrogens is 274 g/mol. The molecule has 0 amide bonds. The summed E-state index contributed by atoms with van der Waals surface area (Å²) in [5.74, 6) is -1.69. The zero-order chi connectivity index (χ0) is 14.2. The van der Waals surface area contributed by atoms with Gasteiger partial charge < -0.3 is 14.6 Å². The maximum atomic E-state index is 12.4. The number of nitrogens with zero attached hydrogens (tertiary/aromatic N) is 1. The Morgan fingerprint density at radius 2 is 2.21 bits per heavy atom. The predicted octanol–water partition coefficient (Wildman–Crippen LogP) is 0.432.